The average molecular weight is 410 g/mol. The van der Waals surface area contributed by atoms with Gasteiger partial charge in [0.25, 0.3) is 0 Å². The molecule has 9 nitrogen and oxygen atoms in total. The van der Waals surface area contributed by atoms with E-state index in [1.54, 1.807) is 13.8 Å². The zero-order valence-electron chi connectivity index (χ0n) is 17.8. The van der Waals surface area contributed by atoms with Crippen LogP contribution in [0.2, 0.25) is 0 Å². The van der Waals surface area contributed by atoms with E-state index in [1.807, 2.05) is 30.7 Å². The Morgan fingerprint density at radius 3 is 2.50 bits per heavy atom. The van der Waals surface area contributed by atoms with E-state index in [4.69, 9.17) is 0 Å². The molecule has 0 bridgehead atoms. The number of nitrogens with zero attached hydrogens (tertiary/aromatic N) is 5. The van der Waals surface area contributed by atoms with E-state index in [9.17, 15) is 14.9 Å². The summed E-state index contributed by atoms with van der Waals surface area (Å²) < 4.78 is 3.38. The molecule has 3 rings (SSSR count). The lowest BCUT2D eigenvalue weighted by Crippen LogP contribution is -2.25. The highest BCUT2D eigenvalue weighted by molar-refractivity contribution is 5.93. The van der Waals surface area contributed by atoms with Crippen LogP contribution in [0.1, 0.15) is 35.1 Å². The Labute approximate surface area is 174 Å². The zero-order chi connectivity index (χ0) is 22.0. The van der Waals surface area contributed by atoms with Gasteiger partial charge in [0.05, 0.1) is 52.9 Å². The standard InChI is InChI=1S/C21H26N6O3/c1-13-8-6-7-9-18(13)12-26-17(5)20(16(4)23-26)22-21(28)14(2)11-25-15(3)10-19(24-25)27(29)30/h6-10,14H,11-12H2,1-5H3,(H,22,28). The van der Waals surface area contributed by atoms with Crippen molar-refractivity contribution in [3.05, 3.63) is 68.7 Å². The number of aryl methyl sites for hydroxylation is 3. The van der Waals surface area contributed by atoms with E-state index in [1.165, 1.54) is 21.9 Å². The average Bonchev–Trinajstić information content (AvgIpc) is 3.18. The van der Waals surface area contributed by atoms with Crippen LogP contribution >= 0.6 is 0 Å². The summed E-state index contributed by atoms with van der Waals surface area (Å²) in [5, 5.41) is 22.4. The van der Waals surface area contributed by atoms with Crippen LogP contribution < -0.4 is 5.32 Å². The van der Waals surface area contributed by atoms with Crippen molar-refractivity contribution in [3.63, 3.8) is 0 Å². The molecule has 0 fully saturated rings. The van der Waals surface area contributed by atoms with Crippen LogP contribution in [0.4, 0.5) is 11.5 Å². The van der Waals surface area contributed by atoms with Gasteiger partial charge in [0.2, 0.25) is 5.91 Å². The topological polar surface area (TPSA) is 108 Å². The van der Waals surface area contributed by atoms with Gasteiger partial charge < -0.3 is 15.4 Å². The number of rotatable bonds is 7. The fourth-order valence-electron chi connectivity index (χ4n) is 3.34. The molecule has 0 aliphatic carbocycles. The first-order valence-electron chi connectivity index (χ1n) is 9.75. The van der Waals surface area contributed by atoms with Crippen LogP contribution in [0.3, 0.4) is 0 Å². The maximum atomic E-state index is 12.8. The van der Waals surface area contributed by atoms with Gasteiger partial charge in [-0.2, -0.15) is 9.78 Å². The first-order valence-corrected chi connectivity index (χ1v) is 9.75. The summed E-state index contributed by atoms with van der Waals surface area (Å²) in [6, 6.07) is 9.53. The summed E-state index contributed by atoms with van der Waals surface area (Å²) in [6.07, 6.45) is 0. The van der Waals surface area contributed by atoms with Crippen LogP contribution in [0.25, 0.3) is 0 Å². The molecule has 1 N–H and O–H groups in total. The van der Waals surface area contributed by atoms with E-state index >= 15 is 0 Å². The minimum absolute atomic E-state index is 0.186. The third-order valence-electron chi connectivity index (χ3n) is 5.26. The summed E-state index contributed by atoms with van der Waals surface area (Å²) in [7, 11) is 0. The molecule has 9 heteroatoms. The number of nitrogens with one attached hydrogen (secondary N) is 1. The van der Waals surface area contributed by atoms with Crippen LogP contribution in [0.5, 0.6) is 0 Å². The van der Waals surface area contributed by atoms with Gasteiger partial charge in [-0.1, -0.05) is 31.2 Å². The Kier molecular flexibility index (Phi) is 6.00. The molecule has 0 aliphatic rings. The Bertz CT molecular complexity index is 1100. The van der Waals surface area contributed by atoms with E-state index in [-0.39, 0.29) is 18.3 Å². The molecule has 1 aromatic carbocycles. The highest BCUT2D eigenvalue weighted by Gasteiger charge is 2.23. The van der Waals surface area contributed by atoms with Crippen molar-refractivity contribution in [3.8, 4) is 0 Å². The summed E-state index contributed by atoms with van der Waals surface area (Å²) in [5.74, 6) is -0.833. The van der Waals surface area contributed by atoms with Gasteiger partial charge in [-0.05, 0) is 43.7 Å². The minimum Gasteiger partial charge on any atom is -0.358 e. The third kappa shape index (κ3) is 4.40. The maximum absolute atomic E-state index is 12.8. The number of benzene rings is 1. The molecule has 0 spiro atoms. The van der Waals surface area contributed by atoms with Crippen molar-refractivity contribution in [1.29, 1.82) is 0 Å². The van der Waals surface area contributed by atoms with Crippen molar-refractivity contribution in [1.82, 2.24) is 19.6 Å². The molecule has 1 unspecified atom stereocenters. The van der Waals surface area contributed by atoms with Crippen molar-refractivity contribution in [2.45, 2.75) is 47.7 Å². The molecule has 1 atom stereocenters. The molecule has 0 aliphatic heterocycles. The van der Waals surface area contributed by atoms with Crippen molar-refractivity contribution in [2.24, 2.45) is 5.92 Å². The fourth-order valence-corrected chi connectivity index (χ4v) is 3.34. The van der Waals surface area contributed by atoms with Crippen LogP contribution in [0, 0.1) is 43.7 Å². The van der Waals surface area contributed by atoms with Gasteiger partial charge >= 0.3 is 5.82 Å². The highest BCUT2D eigenvalue weighted by atomic mass is 16.6. The van der Waals surface area contributed by atoms with Gasteiger partial charge in [0.15, 0.2) is 0 Å². The molecule has 2 aromatic heterocycles. The predicted molar refractivity (Wildman–Crippen MR) is 113 cm³/mol. The van der Waals surface area contributed by atoms with Crippen molar-refractivity contribution >= 4 is 17.4 Å². The number of nitro groups is 1. The first-order chi connectivity index (χ1) is 14.2. The second-order valence-corrected chi connectivity index (χ2v) is 7.60. The summed E-state index contributed by atoms with van der Waals surface area (Å²) in [5.41, 5.74) is 5.32. The van der Waals surface area contributed by atoms with Crippen molar-refractivity contribution in [2.75, 3.05) is 5.32 Å². The molecular weight excluding hydrogens is 384 g/mol. The van der Waals surface area contributed by atoms with Gasteiger partial charge in [-0.3, -0.25) is 9.48 Å². The van der Waals surface area contributed by atoms with Gasteiger partial charge in [-0.15, -0.1) is 0 Å². The van der Waals surface area contributed by atoms with Gasteiger partial charge in [0, 0.05) is 0 Å². The molecule has 2 heterocycles. The smallest absolute Gasteiger partial charge is 0.358 e. The van der Waals surface area contributed by atoms with Crippen molar-refractivity contribution < 1.29 is 9.72 Å². The van der Waals surface area contributed by atoms with Crippen LogP contribution in [0.15, 0.2) is 30.3 Å². The molecule has 30 heavy (non-hydrogen) atoms. The molecule has 1 amide bonds. The summed E-state index contributed by atoms with van der Waals surface area (Å²) >= 11 is 0. The van der Waals surface area contributed by atoms with Gasteiger partial charge in [0.1, 0.15) is 0 Å². The second kappa shape index (κ2) is 8.48. The largest absolute Gasteiger partial charge is 0.390 e. The van der Waals surface area contributed by atoms with Crippen LogP contribution in [-0.4, -0.2) is 30.4 Å². The van der Waals surface area contributed by atoms with Gasteiger partial charge in [-0.25, -0.2) is 0 Å². The fraction of sp³-hybridized carbons (Fsp3) is 0.381. The lowest BCUT2D eigenvalue weighted by molar-refractivity contribution is -0.389. The molecule has 0 saturated carbocycles. The number of aromatic nitrogens is 4. The Morgan fingerprint density at radius 2 is 1.87 bits per heavy atom. The number of anilines is 1. The molecule has 0 radical (unpaired) electrons. The maximum Gasteiger partial charge on any atom is 0.390 e. The minimum atomic E-state index is -0.538. The van der Waals surface area contributed by atoms with E-state index in [0.29, 0.717) is 17.9 Å². The molecule has 158 valence electrons. The SMILES string of the molecule is Cc1ccccc1Cn1nc(C)c(NC(=O)C(C)Cn2nc([N+](=O)[O-])cc2C)c1C. The third-order valence-corrected chi connectivity index (χ3v) is 5.26. The van der Waals surface area contributed by atoms with E-state index < -0.39 is 10.8 Å². The number of hydrogen-bond acceptors (Lipinski definition) is 5. The van der Waals surface area contributed by atoms with E-state index in [2.05, 4.69) is 34.6 Å². The number of carbonyl (C=O) groups excluding carboxylic acids is 1. The molecule has 3 aromatic rings. The molecular formula is C21H26N6O3. The first kappa shape index (κ1) is 21.2. The summed E-state index contributed by atoms with van der Waals surface area (Å²) in [6.45, 7) is 10.2. The van der Waals surface area contributed by atoms with Crippen LogP contribution in [-0.2, 0) is 17.9 Å². The number of carbonyl (C=O) groups is 1. The zero-order valence-corrected chi connectivity index (χ0v) is 17.8. The quantitative estimate of drug-likeness (QED) is 0.473. The number of amides is 1. The monoisotopic (exact) mass is 410 g/mol. The summed E-state index contributed by atoms with van der Waals surface area (Å²) in [4.78, 5) is 23.1. The Balaban J connectivity index is 1.73. The second-order valence-electron chi connectivity index (χ2n) is 7.60. The molecule has 0 saturated heterocycles. The Morgan fingerprint density at radius 1 is 1.17 bits per heavy atom. The van der Waals surface area contributed by atoms with E-state index in [0.717, 1.165) is 11.4 Å². The number of hydrogen-bond donors (Lipinski definition) is 1. The highest BCUT2D eigenvalue weighted by Crippen LogP contribution is 2.22. The lowest BCUT2D eigenvalue weighted by atomic mass is 10.1. The lowest BCUT2D eigenvalue weighted by Gasteiger charge is -2.12. The normalized spacial score (nSPS) is 12.0. The Hall–Kier alpha value is -3.49. The predicted octanol–water partition coefficient (Wildman–Crippen LogP) is 3.54.